The number of imidazole rings is 1. The summed E-state index contributed by atoms with van der Waals surface area (Å²) in [7, 11) is 0. The highest BCUT2D eigenvalue weighted by atomic mass is 35.5. The lowest BCUT2D eigenvalue weighted by atomic mass is 10.2. The molecule has 1 N–H and O–H groups in total. The van der Waals surface area contributed by atoms with E-state index in [2.05, 4.69) is 9.97 Å². The second-order valence-electron chi connectivity index (χ2n) is 3.63. The van der Waals surface area contributed by atoms with E-state index in [1.165, 1.54) is 0 Å². The summed E-state index contributed by atoms with van der Waals surface area (Å²) in [6.45, 7) is 0. The lowest BCUT2D eigenvalue weighted by Gasteiger charge is -1.96. The van der Waals surface area contributed by atoms with Gasteiger partial charge in [-0.25, -0.2) is 4.98 Å². The van der Waals surface area contributed by atoms with Gasteiger partial charge in [0.1, 0.15) is 0 Å². The highest BCUT2D eigenvalue weighted by Gasteiger charge is 2.06. The largest absolute Gasteiger partial charge is 0.461 e. The van der Waals surface area contributed by atoms with E-state index in [0.717, 1.165) is 27.9 Å². The van der Waals surface area contributed by atoms with E-state index < -0.39 is 0 Å². The maximum absolute atomic E-state index is 5.84. The van der Waals surface area contributed by atoms with Crippen LogP contribution in [0, 0.1) is 0 Å². The molecule has 0 spiro atoms. The van der Waals surface area contributed by atoms with Crippen molar-refractivity contribution in [3.05, 3.63) is 53.9 Å². The second kappa shape index (κ2) is 4.11. The van der Waals surface area contributed by atoms with Crippen molar-refractivity contribution in [3.8, 4) is 22.8 Å². The number of rotatable bonds is 2. The van der Waals surface area contributed by atoms with Crippen molar-refractivity contribution in [3.63, 3.8) is 0 Å². The Morgan fingerprint density at radius 1 is 1.12 bits per heavy atom. The number of H-pyrrole nitrogens is 1. The number of hydrogen-bond acceptors (Lipinski definition) is 2. The zero-order valence-electron chi connectivity index (χ0n) is 8.85. The van der Waals surface area contributed by atoms with Crippen LogP contribution >= 0.6 is 11.6 Å². The molecule has 3 nitrogen and oxygen atoms in total. The van der Waals surface area contributed by atoms with Crippen LogP contribution in [0.2, 0.25) is 5.02 Å². The summed E-state index contributed by atoms with van der Waals surface area (Å²) < 4.78 is 5.27. The molecule has 0 unspecified atom stereocenters. The Morgan fingerprint density at radius 2 is 1.94 bits per heavy atom. The quantitative estimate of drug-likeness (QED) is 0.741. The molecule has 17 heavy (non-hydrogen) atoms. The molecule has 0 aliphatic rings. The molecule has 4 heteroatoms. The maximum Gasteiger partial charge on any atom is 0.173 e. The first-order valence-corrected chi connectivity index (χ1v) is 5.55. The van der Waals surface area contributed by atoms with Gasteiger partial charge in [-0.1, -0.05) is 23.7 Å². The van der Waals surface area contributed by atoms with E-state index in [-0.39, 0.29) is 0 Å². The fraction of sp³-hybridized carbons (Fsp3) is 0. The predicted octanol–water partition coefficient (Wildman–Crippen LogP) is 3.99. The summed E-state index contributed by atoms with van der Waals surface area (Å²) in [6.07, 6.45) is 3.40. The van der Waals surface area contributed by atoms with Crippen LogP contribution in [0.15, 0.2) is 53.3 Å². The van der Waals surface area contributed by atoms with Gasteiger partial charge in [0, 0.05) is 5.02 Å². The number of hydrogen-bond donors (Lipinski definition) is 1. The van der Waals surface area contributed by atoms with Gasteiger partial charge in [-0.2, -0.15) is 0 Å². The molecule has 3 aromatic rings. The lowest BCUT2D eigenvalue weighted by Crippen LogP contribution is -1.78. The molecular formula is C13H9ClN2O. The van der Waals surface area contributed by atoms with Gasteiger partial charge in [0.25, 0.3) is 0 Å². The second-order valence-corrected chi connectivity index (χ2v) is 4.07. The lowest BCUT2D eigenvalue weighted by molar-refractivity contribution is 0.578. The van der Waals surface area contributed by atoms with Crippen LogP contribution in [0.5, 0.6) is 0 Å². The monoisotopic (exact) mass is 244 g/mol. The van der Waals surface area contributed by atoms with Gasteiger partial charge in [-0.05, 0) is 29.8 Å². The standard InChI is InChI=1S/C13H9ClN2O/c14-10-5-3-9(4-6-10)11-8-15-13(16-11)12-2-1-7-17-12/h1-8H,(H,15,16). The van der Waals surface area contributed by atoms with Crippen LogP contribution in [0.25, 0.3) is 22.8 Å². The molecule has 0 saturated heterocycles. The topological polar surface area (TPSA) is 41.8 Å². The van der Waals surface area contributed by atoms with Gasteiger partial charge < -0.3 is 9.40 Å². The van der Waals surface area contributed by atoms with Crippen molar-refractivity contribution in [2.45, 2.75) is 0 Å². The molecule has 0 atom stereocenters. The van der Waals surface area contributed by atoms with Gasteiger partial charge in [-0.15, -0.1) is 0 Å². The molecule has 0 aliphatic heterocycles. The number of halogens is 1. The zero-order chi connectivity index (χ0) is 11.7. The molecule has 3 rings (SSSR count). The Hall–Kier alpha value is -2.00. The van der Waals surface area contributed by atoms with E-state index >= 15 is 0 Å². The van der Waals surface area contributed by atoms with Crippen molar-refractivity contribution in [1.29, 1.82) is 0 Å². The smallest absolute Gasteiger partial charge is 0.173 e. The first-order valence-electron chi connectivity index (χ1n) is 5.18. The van der Waals surface area contributed by atoms with Crippen molar-refractivity contribution in [2.24, 2.45) is 0 Å². The summed E-state index contributed by atoms with van der Waals surface area (Å²) in [5, 5.41) is 0.722. The Balaban J connectivity index is 1.98. The first-order chi connectivity index (χ1) is 8.33. The van der Waals surface area contributed by atoms with Crippen LogP contribution in [-0.2, 0) is 0 Å². The van der Waals surface area contributed by atoms with E-state index in [9.17, 15) is 0 Å². The zero-order valence-corrected chi connectivity index (χ0v) is 9.61. The molecule has 0 saturated carbocycles. The Kier molecular flexibility index (Phi) is 2.46. The summed E-state index contributed by atoms with van der Waals surface area (Å²) in [4.78, 5) is 7.48. The van der Waals surface area contributed by atoms with E-state index in [0.29, 0.717) is 0 Å². The van der Waals surface area contributed by atoms with Crippen LogP contribution in [0.3, 0.4) is 0 Å². The summed E-state index contributed by atoms with van der Waals surface area (Å²) in [5.41, 5.74) is 1.98. The van der Waals surface area contributed by atoms with Crippen LogP contribution in [-0.4, -0.2) is 9.97 Å². The molecule has 0 aliphatic carbocycles. The van der Waals surface area contributed by atoms with Gasteiger partial charge in [0.2, 0.25) is 0 Å². The molecule has 2 aromatic heterocycles. The van der Waals surface area contributed by atoms with Crippen LogP contribution in [0.1, 0.15) is 0 Å². The normalized spacial score (nSPS) is 10.6. The van der Waals surface area contributed by atoms with Gasteiger partial charge >= 0.3 is 0 Å². The Labute approximate surface area is 103 Å². The SMILES string of the molecule is Clc1ccc(-c2cnc(-c3ccco3)[nH]2)cc1. The minimum atomic E-state index is 0.722. The predicted molar refractivity (Wildman–Crippen MR) is 66.7 cm³/mol. The van der Waals surface area contributed by atoms with Crippen molar-refractivity contribution < 1.29 is 4.42 Å². The molecule has 1 aromatic carbocycles. The fourth-order valence-electron chi connectivity index (χ4n) is 1.64. The fourth-order valence-corrected chi connectivity index (χ4v) is 1.76. The average Bonchev–Trinajstić information content (AvgIpc) is 3.00. The molecule has 0 amide bonds. The third-order valence-electron chi connectivity index (χ3n) is 2.49. The molecule has 0 fully saturated rings. The number of aromatic nitrogens is 2. The summed E-state index contributed by atoms with van der Waals surface area (Å²) in [5.74, 6) is 1.45. The third-order valence-corrected chi connectivity index (χ3v) is 2.74. The van der Waals surface area contributed by atoms with Gasteiger partial charge in [0.15, 0.2) is 11.6 Å². The highest BCUT2D eigenvalue weighted by molar-refractivity contribution is 6.30. The minimum absolute atomic E-state index is 0.722. The number of benzene rings is 1. The summed E-state index contributed by atoms with van der Waals surface area (Å²) in [6, 6.07) is 11.3. The highest BCUT2D eigenvalue weighted by Crippen LogP contribution is 2.23. The Morgan fingerprint density at radius 3 is 2.65 bits per heavy atom. The van der Waals surface area contributed by atoms with E-state index in [1.807, 2.05) is 36.4 Å². The van der Waals surface area contributed by atoms with Crippen molar-refractivity contribution in [1.82, 2.24) is 9.97 Å². The van der Waals surface area contributed by atoms with Crippen molar-refractivity contribution >= 4 is 11.6 Å². The van der Waals surface area contributed by atoms with Crippen LogP contribution in [0.4, 0.5) is 0 Å². The van der Waals surface area contributed by atoms with Crippen molar-refractivity contribution in [2.75, 3.05) is 0 Å². The molecular weight excluding hydrogens is 236 g/mol. The average molecular weight is 245 g/mol. The summed E-state index contributed by atoms with van der Waals surface area (Å²) >= 11 is 5.84. The number of nitrogens with one attached hydrogen (secondary N) is 1. The van der Waals surface area contributed by atoms with E-state index in [4.69, 9.17) is 16.0 Å². The molecule has 84 valence electrons. The minimum Gasteiger partial charge on any atom is -0.461 e. The first kappa shape index (κ1) is 10.2. The van der Waals surface area contributed by atoms with Gasteiger partial charge in [-0.3, -0.25) is 0 Å². The number of aromatic amines is 1. The molecule has 2 heterocycles. The number of furan rings is 1. The third kappa shape index (κ3) is 1.97. The van der Waals surface area contributed by atoms with Crippen LogP contribution < -0.4 is 0 Å². The maximum atomic E-state index is 5.84. The Bertz CT molecular complexity index is 611. The molecule has 0 bridgehead atoms. The van der Waals surface area contributed by atoms with E-state index in [1.54, 1.807) is 12.5 Å². The van der Waals surface area contributed by atoms with Gasteiger partial charge in [0.05, 0.1) is 18.2 Å². The molecule has 0 radical (unpaired) electrons. The number of nitrogens with zero attached hydrogens (tertiary/aromatic N) is 1.